The molecule has 0 radical (unpaired) electrons. The van der Waals surface area contributed by atoms with Gasteiger partial charge in [0.05, 0.1) is 0 Å². The summed E-state index contributed by atoms with van der Waals surface area (Å²) in [4.78, 5) is 33.8. The van der Waals surface area contributed by atoms with Gasteiger partial charge in [-0.25, -0.2) is 0 Å². The van der Waals surface area contributed by atoms with Crippen LogP contribution in [0, 0.1) is 45.9 Å². The van der Waals surface area contributed by atoms with Crippen LogP contribution >= 0.6 is 0 Å². The van der Waals surface area contributed by atoms with E-state index in [0.29, 0.717) is 6.92 Å². The first-order valence-corrected chi connectivity index (χ1v) is 4.08. The average molecular weight is 283 g/mol. The molecule has 0 amide bonds. The third-order valence-corrected chi connectivity index (χ3v) is 1.68. The van der Waals surface area contributed by atoms with E-state index in [-0.39, 0.29) is 5.96 Å². The first-order valence-electron chi connectivity index (χ1n) is 4.08. The van der Waals surface area contributed by atoms with Gasteiger partial charge in [0.15, 0.2) is 20.7 Å². The lowest BCUT2D eigenvalue weighted by Crippen LogP contribution is -2.62. The van der Waals surface area contributed by atoms with Gasteiger partial charge in [-0.1, -0.05) is 0 Å². The second-order valence-electron chi connectivity index (χ2n) is 2.88. The maximum absolute atomic E-state index is 10.3. The minimum atomic E-state index is -4.05. The molecule has 0 rings (SSSR count). The molecule has 0 heterocycles. The molecule has 0 bridgehead atoms. The van der Waals surface area contributed by atoms with Crippen LogP contribution in [0.3, 0.4) is 0 Å². The molecule has 5 N–H and O–H groups in total. The van der Waals surface area contributed by atoms with Gasteiger partial charge in [-0.3, -0.25) is 45.9 Å². The summed E-state index contributed by atoms with van der Waals surface area (Å²) in [6, 6.07) is -2.59. The molecule has 0 fully saturated rings. The number of hydrogen-bond donors (Lipinski definition) is 3. The van der Waals surface area contributed by atoms with Crippen LogP contribution in [0.5, 0.6) is 0 Å². The number of nitrogens with one attached hydrogen (secondary N) is 1. The largest absolute Gasteiger partial charge is 0.766 e. The van der Waals surface area contributed by atoms with Crippen molar-refractivity contribution >= 4 is 5.96 Å². The Kier molecular flexibility index (Phi) is 6.31. The van der Waals surface area contributed by atoms with Gasteiger partial charge >= 0.3 is 11.8 Å². The fourth-order valence-corrected chi connectivity index (χ4v) is 0.799. The van der Waals surface area contributed by atoms with Gasteiger partial charge in [0, 0.05) is 11.8 Å². The Morgan fingerprint density at radius 3 is 1.26 bits per heavy atom. The van der Waals surface area contributed by atoms with Crippen molar-refractivity contribution in [1.29, 1.82) is 5.41 Å². The van der Waals surface area contributed by atoms with Gasteiger partial charge < -0.3 is 11.5 Å². The monoisotopic (exact) mass is 283 g/mol. The van der Waals surface area contributed by atoms with Gasteiger partial charge in [0.25, 0.3) is 0 Å². The topological polar surface area (TPSA) is 248 Å². The molecule has 0 spiro atoms. The first kappa shape index (κ1) is 18.2. The molecule has 19 heavy (non-hydrogen) atoms. The van der Waals surface area contributed by atoms with Crippen LogP contribution in [0.15, 0.2) is 0 Å². The van der Waals surface area contributed by atoms with Gasteiger partial charge in [-0.2, -0.15) is 0 Å². The fourth-order valence-electron chi connectivity index (χ4n) is 0.799. The van der Waals surface area contributed by atoms with Crippen molar-refractivity contribution in [3.8, 4) is 0 Å². The summed E-state index contributed by atoms with van der Waals surface area (Å²) in [6.07, 6.45) is 0. The Balaban J connectivity index is 0. The van der Waals surface area contributed by atoms with E-state index in [4.69, 9.17) is 5.41 Å². The Hall–Kier alpha value is -3.13. The smallest absolute Gasteiger partial charge is 0.370 e. The second-order valence-corrected chi connectivity index (χ2v) is 2.88. The van der Waals surface area contributed by atoms with Crippen LogP contribution in [0.4, 0.5) is 0 Å². The highest BCUT2D eigenvalue weighted by Gasteiger charge is 2.81. The van der Waals surface area contributed by atoms with E-state index in [1.165, 1.54) is 0 Å². The lowest BCUT2D eigenvalue weighted by atomic mass is 10.2. The van der Waals surface area contributed by atoms with Crippen molar-refractivity contribution < 1.29 is 19.7 Å². The van der Waals surface area contributed by atoms with E-state index in [0.717, 1.165) is 0 Å². The quantitative estimate of drug-likeness (QED) is 0.164. The molecule has 15 nitrogen and oxygen atoms in total. The number of nitro groups is 4. The first-order chi connectivity index (χ1) is 8.42. The zero-order valence-electron chi connectivity index (χ0n) is 9.29. The predicted molar refractivity (Wildman–Crippen MR) is 56.3 cm³/mol. The van der Waals surface area contributed by atoms with Crippen molar-refractivity contribution in [3.63, 3.8) is 0 Å². The summed E-state index contributed by atoms with van der Waals surface area (Å²) >= 11 is 0. The highest BCUT2D eigenvalue weighted by atomic mass is 16.7. The zero-order chi connectivity index (χ0) is 16.0. The maximum Gasteiger partial charge on any atom is 0.766 e. The molecule has 0 aliphatic heterocycles. The lowest BCUT2D eigenvalue weighted by molar-refractivity contribution is -0.992. The highest BCUT2D eigenvalue weighted by Crippen LogP contribution is 2.19. The fraction of sp³-hybridized carbons (Fsp3) is 0.750. The van der Waals surface area contributed by atoms with Crippen molar-refractivity contribution in [2.24, 2.45) is 11.5 Å². The minimum absolute atomic E-state index is 0.333. The summed E-state index contributed by atoms with van der Waals surface area (Å²) in [5, 5.41) is 47.0. The Morgan fingerprint density at radius 2 is 1.21 bits per heavy atom. The van der Waals surface area contributed by atoms with Crippen LogP contribution in [0.2, 0.25) is 0 Å². The summed E-state index contributed by atoms with van der Waals surface area (Å²) in [7, 11) is 0. The SMILES string of the molecule is CC([N+](=O)[O-])C([N+](=O)[O-])([N+](=O)[O-])[N+](=O)[O-].N=C(N)N. The molecule has 1 atom stereocenters. The molecule has 108 valence electrons. The number of guanidine groups is 1. The Labute approximate surface area is 103 Å². The highest BCUT2D eigenvalue weighted by molar-refractivity contribution is 5.71. The van der Waals surface area contributed by atoms with Crippen molar-refractivity contribution in [1.82, 2.24) is 0 Å². The average Bonchev–Trinajstić information content (AvgIpc) is 2.14. The van der Waals surface area contributed by atoms with Crippen molar-refractivity contribution in [2.45, 2.75) is 18.8 Å². The molecular weight excluding hydrogens is 274 g/mol. The van der Waals surface area contributed by atoms with Crippen molar-refractivity contribution in [3.05, 3.63) is 40.5 Å². The molecular formula is C4H9N7O8. The zero-order valence-corrected chi connectivity index (χ0v) is 9.29. The minimum Gasteiger partial charge on any atom is -0.370 e. The van der Waals surface area contributed by atoms with Crippen LogP contribution in [0.1, 0.15) is 6.92 Å². The summed E-state index contributed by atoms with van der Waals surface area (Å²) in [5.74, 6) is -4.39. The van der Waals surface area contributed by atoms with Crippen LogP contribution in [-0.4, -0.2) is 37.5 Å². The Morgan fingerprint density at radius 1 is 1.00 bits per heavy atom. The van der Waals surface area contributed by atoms with E-state index >= 15 is 0 Å². The normalized spacial score (nSPS) is 11.4. The molecule has 15 heteroatoms. The van der Waals surface area contributed by atoms with E-state index in [1.807, 2.05) is 0 Å². The van der Waals surface area contributed by atoms with E-state index in [9.17, 15) is 40.5 Å². The molecule has 1 unspecified atom stereocenters. The molecule has 0 aliphatic carbocycles. The van der Waals surface area contributed by atoms with Gasteiger partial charge in [0.2, 0.25) is 0 Å². The molecule has 0 aliphatic rings. The summed E-state index contributed by atoms with van der Waals surface area (Å²) < 4.78 is 0. The molecule has 0 saturated carbocycles. The van der Waals surface area contributed by atoms with Crippen LogP contribution in [0.25, 0.3) is 0 Å². The maximum atomic E-state index is 10.3. The van der Waals surface area contributed by atoms with Crippen LogP contribution in [-0.2, 0) is 0 Å². The number of nitrogens with two attached hydrogens (primary N) is 2. The van der Waals surface area contributed by atoms with E-state index in [2.05, 4.69) is 11.5 Å². The molecule has 0 aromatic heterocycles. The second kappa shape index (κ2) is 6.57. The third-order valence-electron chi connectivity index (χ3n) is 1.68. The van der Waals surface area contributed by atoms with Crippen LogP contribution < -0.4 is 11.5 Å². The van der Waals surface area contributed by atoms with Gasteiger partial charge in [0.1, 0.15) is 0 Å². The molecule has 0 aromatic carbocycles. The Bertz CT molecular complexity index is 379. The molecule has 0 saturated heterocycles. The van der Waals surface area contributed by atoms with Gasteiger partial charge in [-0.15, -0.1) is 0 Å². The summed E-state index contributed by atoms with van der Waals surface area (Å²) in [5.41, 5.74) is 8.94. The standard InChI is InChI=1S/C3H4N4O8.CH5N3/c1-2(4(8)9)3(5(10)11,6(12)13)7(14)15;2-1(3)4/h2H,1H3;(H5,2,3,4). The summed E-state index contributed by atoms with van der Waals surface area (Å²) in [6.45, 7) is 0.425. The predicted octanol–water partition coefficient (Wildman–Crippen LogP) is -2.03. The van der Waals surface area contributed by atoms with E-state index < -0.39 is 31.5 Å². The molecule has 0 aromatic rings. The van der Waals surface area contributed by atoms with Gasteiger partial charge in [-0.05, 0) is 0 Å². The number of hydrogen-bond acceptors (Lipinski definition) is 9. The lowest BCUT2D eigenvalue weighted by Gasteiger charge is -2.09. The van der Waals surface area contributed by atoms with E-state index in [1.54, 1.807) is 0 Å². The third kappa shape index (κ3) is 3.98. The van der Waals surface area contributed by atoms with Crippen molar-refractivity contribution in [2.75, 3.05) is 0 Å². The number of rotatable bonds is 5. The number of nitrogens with zero attached hydrogens (tertiary/aromatic N) is 4.